The van der Waals surface area contributed by atoms with Crippen molar-refractivity contribution in [3.8, 4) is 0 Å². The minimum absolute atomic E-state index is 0.159. The van der Waals surface area contributed by atoms with Gasteiger partial charge >= 0.3 is 0 Å². The Hall–Kier alpha value is -1.77. The highest BCUT2D eigenvalue weighted by Gasteiger charge is 2.18. The number of hydrogen-bond donors (Lipinski definition) is 1. The van der Waals surface area contributed by atoms with Crippen molar-refractivity contribution in [2.75, 3.05) is 31.6 Å². The van der Waals surface area contributed by atoms with Crippen LogP contribution in [0.3, 0.4) is 0 Å². The predicted molar refractivity (Wildman–Crippen MR) is 98.2 cm³/mol. The quantitative estimate of drug-likeness (QED) is 0.854. The largest absolute Gasteiger partial charge is 0.379 e. The maximum atomic E-state index is 12.6. The molecule has 3 heterocycles. The fourth-order valence-corrected chi connectivity index (χ4v) is 3.43. The molecular formula is C17H25N5O2S. The number of amides is 1. The van der Waals surface area contributed by atoms with Crippen LogP contribution in [0.2, 0.25) is 0 Å². The summed E-state index contributed by atoms with van der Waals surface area (Å²) in [6.07, 6.45) is 0. The van der Waals surface area contributed by atoms with Gasteiger partial charge in [-0.2, -0.15) is 5.10 Å². The van der Waals surface area contributed by atoms with Gasteiger partial charge in [0.1, 0.15) is 5.69 Å². The number of rotatable bonds is 6. The maximum absolute atomic E-state index is 12.6. The molecule has 0 bridgehead atoms. The molecule has 0 spiro atoms. The van der Waals surface area contributed by atoms with E-state index >= 15 is 0 Å². The summed E-state index contributed by atoms with van der Waals surface area (Å²) in [5.41, 5.74) is 2.49. The third-order valence-corrected chi connectivity index (χ3v) is 4.99. The summed E-state index contributed by atoms with van der Waals surface area (Å²) in [6, 6.07) is 1.87. The standard InChI is InChI=1S/C17H25N5O2S/c1-4-22-15(9-14(20-22)12(2)3)16(23)19-17-18-13(11-25-17)10-21-5-7-24-8-6-21/h9,11-12H,4-8,10H2,1-3H3,(H,18,19,23). The van der Waals surface area contributed by atoms with Gasteiger partial charge in [0.15, 0.2) is 5.13 Å². The van der Waals surface area contributed by atoms with E-state index in [-0.39, 0.29) is 5.91 Å². The van der Waals surface area contributed by atoms with E-state index in [0.717, 1.165) is 44.2 Å². The molecular weight excluding hydrogens is 338 g/mol. The van der Waals surface area contributed by atoms with Crippen molar-refractivity contribution < 1.29 is 9.53 Å². The number of morpholine rings is 1. The Balaban J connectivity index is 1.65. The molecule has 1 fully saturated rings. The lowest BCUT2D eigenvalue weighted by Gasteiger charge is -2.25. The second-order valence-electron chi connectivity index (χ2n) is 6.41. The van der Waals surface area contributed by atoms with Gasteiger partial charge in [-0.05, 0) is 18.9 Å². The second-order valence-corrected chi connectivity index (χ2v) is 7.27. The molecule has 3 rings (SSSR count). The van der Waals surface area contributed by atoms with Gasteiger partial charge in [-0.15, -0.1) is 11.3 Å². The topological polar surface area (TPSA) is 72.3 Å². The van der Waals surface area contributed by atoms with E-state index in [0.29, 0.717) is 23.3 Å². The molecule has 8 heteroatoms. The van der Waals surface area contributed by atoms with Crippen molar-refractivity contribution in [3.63, 3.8) is 0 Å². The lowest BCUT2D eigenvalue weighted by molar-refractivity contribution is 0.0337. The monoisotopic (exact) mass is 363 g/mol. The summed E-state index contributed by atoms with van der Waals surface area (Å²) < 4.78 is 7.10. The number of aryl methyl sites for hydroxylation is 1. The molecule has 2 aromatic heterocycles. The van der Waals surface area contributed by atoms with Crippen LogP contribution < -0.4 is 5.32 Å². The van der Waals surface area contributed by atoms with Crippen LogP contribution in [-0.4, -0.2) is 51.9 Å². The third-order valence-electron chi connectivity index (χ3n) is 4.18. The minimum Gasteiger partial charge on any atom is -0.379 e. The van der Waals surface area contributed by atoms with Gasteiger partial charge in [0.2, 0.25) is 0 Å². The van der Waals surface area contributed by atoms with Crippen LogP contribution in [0.15, 0.2) is 11.4 Å². The zero-order chi connectivity index (χ0) is 17.8. The van der Waals surface area contributed by atoms with Crippen LogP contribution in [0.5, 0.6) is 0 Å². The molecule has 0 radical (unpaired) electrons. The first kappa shape index (κ1) is 18.0. The molecule has 1 amide bonds. The SMILES string of the molecule is CCn1nc(C(C)C)cc1C(=O)Nc1nc(CN2CCOCC2)cs1. The van der Waals surface area contributed by atoms with Crippen molar-refractivity contribution in [3.05, 3.63) is 28.5 Å². The number of carbonyl (C=O) groups excluding carboxylic acids is 1. The predicted octanol–water partition coefficient (Wildman–Crippen LogP) is 2.57. The zero-order valence-corrected chi connectivity index (χ0v) is 15.8. The van der Waals surface area contributed by atoms with Gasteiger partial charge in [0, 0.05) is 31.6 Å². The average Bonchev–Trinajstić information content (AvgIpc) is 3.22. The second kappa shape index (κ2) is 8.07. The number of nitrogens with one attached hydrogen (secondary N) is 1. The van der Waals surface area contributed by atoms with Crippen molar-refractivity contribution in [2.45, 2.75) is 39.8 Å². The molecule has 0 atom stereocenters. The van der Waals surface area contributed by atoms with E-state index in [9.17, 15) is 4.79 Å². The summed E-state index contributed by atoms with van der Waals surface area (Å²) >= 11 is 1.46. The van der Waals surface area contributed by atoms with E-state index in [1.165, 1.54) is 11.3 Å². The lowest BCUT2D eigenvalue weighted by Crippen LogP contribution is -2.35. The van der Waals surface area contributed by atoms with E-state index < -0.39 is 0 Å². The summed E-state index contributed by atoms with van der Waals surface area (Å²) in [7, 11) is 0. The van der Waals surface area contributed by atoms with Crippen LogP contribution in [0.25, 0.3) is 0 Å². The fraction of sp³-hybridized carbons (Fsp3) is 0.588. The van der Waals surface area contributed by atoms with Crippen molar-refractivity contribution >= 4 is 22.4 Å². The smallest absolute Gasteiger partial charge is 0.275 e. The first-order valence-corrected chi connectivity index (χ1v) is 9.58. The van der Waals surface area contributed by atoms with E-state index in [4.69, 9.17) is 4.74 Å². The van der Waals surface area contributed by atoms with E-state index in [2.05, 4.69) is 34.1 Å². The molecule has 136 valence electrons. The number of hydrogen-bond acceptors (Lipinski definition) is 6. The van der Waals surface area contributed by atoms with Crippen LogP contribution in [-0.2, 0) is 17.8 Å². The van der Waals surface area contributed by atoms with Gasteiger partial charge in [0.25, 0.3) is 5.91 Å². The summed E-state index contributed by atoms with van der Waals surface area (Å²) in [5, 5.41) is 10.0. The summed E-state index contributed by atoms with van der Waals surface area (Å²) in [5.74, 6) is 0.132. The number of nitrogens with zero attached hydrogens (tertiary/aromatic N) is 4. The molecule has 1 saturated heterocycles. The van der Waals surface area contributed by atoms with Crippen molar-refractivity contribution in [2.24, 2.45) is 0 Å². The third kappa shape index (κ3) is 4.45. The first-order chi connectivity index (χ1) is 12.1. The molecule has 0 aliphatic carbocycles. The average molecular weight is 363 g/mol. The Morgan fingerprint density at radius 1 is 1.40 bits per heavy atom. The Kier molecular flexibility index (Phi) is 5.82. The van der Waals surface area contributed by atoms with E-state index in [1.54, 1.807) is 4.68 Å². The summed E-state index contributed by atoms with van der Waals surface area (Å²) in [6.45, 7) is 11.0. The molecule has 2 aromatic rings. The molecule has 1 aliphatic heterocycles. The Labute approximate surface area is 152 Å². The highest BCUT2D eigenvalue weighted by molar-refractivity contribution is 7.13. The lowest BCUT2D eigenvalue weighted by atomic mass is 10.1. The fourth-order valence-electron chi connectivity index (χ4n) is 2.73. The van der Waals surface area contributed by atoms with E-state index in [1.807, 2.05) is 18.4 Å². The van der Waals surface area contributed by atoms with Crippen molar-refractivity contribution in [1.29, 1.82) is 0 Å². The van der Waals surface area contributed by atoms with Crippen LogP contribution >= 0.6 is 11.3 Å². The highest BCUT2D eigenvalue weighted by atomic mass is 32.1. The van der Waals surface area contributed by atoms with Crippen LogP contribution in [0, 0.1) is 0 Å². The maximum Gasteiger partial charge on any atom is 0.275 e. The first-order valence-electron chi connectivity index (χ1n) is 8.70. The summed E-state index contributed by atoms with van der Waals surface area (Å²) in [4.78, 5) is 19.4. The zero-order valence-electron chi connectivity index (χ0n) is 15.0. The molecule has 25 heavy (non-hydrogen) atoms. The molecule has 7 nitrogen and oxygen atoms in total. The normalized spacial score (nSPS) is 15.7. The van der Waals surface area contributed by atoms with Gasteiger partial charge in [-0.3, -0.25) is 19.7 Å². The Bertz CT molecular complexity index is 718. The highest BCUT2D eigenvalue weighted by Crippen LogP contribution is 2.20. The van der Waals surface area contributed by atoms with Crippen molar-refractivity contribution in [1.82, 2.24) is 19.7 Å². The van der Waals surface area contributed by atoms with Gasteiger partial charge in [-0.25, -0.2) is 4.98 Å². The number of anilines is 1. The number of ether oxygens (including phenoxy) is 1. The number of thiazole rings is 1. The minimum atomic E-state index is -0.159. The van der Waals surface area contributed by atoms with Gasteiger partial charge in [0.05, 0.1) is 24.6 Å². The molecule has 0 unspecified atom stereocenters. The van der Waals surface area contributed by atoms with Gasteiger partial charge < -0.3 is 4.74 Å². The Morgan fingerprint density at radius 2 is 2.16 bits per heavy atom. The molecule has 0 aromatic carbocycles. The number of aromatic nitrogens is 3. The molecule has 0 saturated carbocycles. The molecule has 1 N–H and O–H groups in total. The Morgan fingerprint density at radius 3 is 2.84 bits per heavy atom. The van der Waals surface area contributed by atoms with Crippen LogP contribution in [0.4, 0.5) is 5.13 Å². The van der Waals surface area contributed by atoms with Crippen LogP contribution in [0.1, 0.15) is 48.6 Å². The molecule has 1 aliphatic rings. The number of carbonyl (C=O) groups is 1. The van der Waals surface area contributed by atoms with Gasteiger partial charge in [-0.1, -0.05) is 13.8 Å².